The number of aryl methyl sites for hydroxylation is 1. The molecule has 0 aliphatic heterocycles. The van der Waals surface area contributed by atoms with Crippen molar-refractivity contribution in [1.29, 1.82) is 5.26 Å². The van der Waals surface area contributed by atoms with E-state index in [9.17, 15) is 5.26 Å². The highest BCUT2D eigenvalue weighted by Gasteiger charge is 2.41. The first-order chi connectivity index (χ1) is 7.80. The van der Waals surface area contributed by atoms with Crippen LogP contribution in [0.25, 0.3) is 0 Å². The predicted octanol–water partition coefficient (Wildman–Crippen LogP) is 1.56. The van der Waals surface area contributed by atoms with Gasteiger partial charge in [0.2, 0.25) is 0 Å². The number of hydrogen-bond donors (Lipinski definition) is 1. The summed E-state index contributed by atoms with van der Waals surface area (Å²) in [7, 11) is 1.90. The van der Waals surface area contributed by atoms with Crippen LogP contribution in [0.5, 0.6) is 0 Å². The van der Waals surface area contributed by atoms with Crippen LogP contribution in [0.4, 0.5) is 0 Å². The third-order valence-corrected chi connectivity index (χ3v) is 3.73. The van der Waals surface area contributed by atoms with Gasteiger partial charge in [-0.15, -0.1) is 0 Å². The molecule has 0 bridgehead atoms. The third kappa shape index (κ3) is 1.96. The van der Waals surface area contributed by atoms with Crippen molar-refractivity contribution in [2.45, 2.75) is 37.8 Å². The average molecular weight is 218 g/mol. The molecule has 0 amide bonds. The van der Waals surface area contributed by atoms with Gasteiger partial charge in [0.1, 0.15) is 5.54 Å². The predicted molar refractivity (Wildman–Crippen MR) is 61.6 cm³/mol. The molecule has 2 unspecified atom stereocenters. The smallest absolute Gasteiger partial charge is 0.109 e. The molecule has 1 aliphatic carbocycles. The molecule has 4 heteroatoms. The lowest BCUT2D eigenvalue weighted by atomic mass is 9.86. The summed E-state index contributed by atoms with van der Waals surface area (Å²) in [6, 6.07) is 4.40. The highest BCUT2D eigenvalue weighted by molar-refractivity contribution is 5.13. The molecule has 0 saturated heterocycles. The third-order valence-electron chi connectivity index (χ3n) is 3.73. The Morgan fingerprint density at radius 3 is 3.19 bits per heavy atom. The van der Waals surface area contributed by atoms with Crippen molar-refractivity contribution in [2.24, 2.45) is 5.92 Å². The van der Waals surface area contributed by atoms with Crippen LogP contribution in [-0.2, 0) is 6.54 Å². The Labute approximate surface area is 96.3 Å². The first-order valence-corrected chi connectivity index (χ1v) is 5.88. The largest absolute Gasteiger partial charge is 0.302 e. The fourth-order valence-electron chi connectivity index (χ4n) is 2.72. The summed E-state index contributed by atoms with van der Waals surface area (Å²) in [5, 5.41) is 16.7. The average Bonchev–Trinajstić information content (AvgIpc) is 2.96. The van der Waals surface area contributed by atoms with E-state index in [1.54, 1.807) is 6.20 Å². The van der Waals surface area contributed by atoms with Crippen LogP contribution in [0.3, 0.4) is 0 Å². The summed E-state index contributed by atoms with van der Waals surface area (Å²) in [5.74, 6) is 0.451. The number of nitrogens with zero attached hydrogens (tertiary/aromatic N) is 3. The van der Waals surface area contributed by atoms with E-state index in [0.717, 1.165) is 32.2 Å². The standard InChI is InChI=1S/C12H18N4/c1-14-12(10-13)6-2-4-11(12)5-9-16-8-3-7-15-16/h3,7-8,11,14H,2,4-6,9H2,1H3. The Hall–Kier alpha value is -1.34. The minimum atomic E-state index is -0.298. The number of rotatable bonds is 4. The van der Waals surface area contributed by atoms with Gasteiger partial charge < -0.3 is 5.32 Å². The normalized spacial score (nSPS) is 29.1. The second-order valence-electron chi connectivity index (χ2n) is 4.48. The summed E-state index contributed by atoms with van der Waals surface area (Å²) in [4.78, 5) is 0. The molecular formula is C12H18N4. The Balaban J connectivity index is 1.97. The molecule has 4 nitrogen and oxygen atoms in total. The van der Waals surface area contributed by atoms with Gasteiger partial charge in [-0.2, -0.15) is 10.4 Å². The second kappa shape index (κ2) is 4.67. The van der Waals surface area contributed by atoms with Crippen molar-refractivity contribution in [3.8, 4) is 6.07 Å². The molecular weight excluding hydrogens is 200 g/mol. The molecule has 1 aromatic heterocycles. The first kappa shape index (κ1) is 11.2. The van der Waals surface area contributed by atoms with Crippen LogP contribution in [0.15, 0.2) is 18.5 Å². The van der Waals surface area contributed by atoms with Gasteiger partial charge in [0.05, 0.1) is 6.07 Å². The van der Waals surface area contributed by atoms with Crippen LogP contribution in [0.2, 0.25) is 0 Å². The number of hydrogen-bond acceptors (Lipinski definition) is 3. The Kier molecular flexibility index (Phi) is 3.25. The summed E-state index contributed by atoms with van der Waals surface area (Å²) >= 11 is 0. The van der Waals surface area contributed by atoms with Gasteiger partial charge in [0.25, 0.3) is 0 Å². The molecule has 0 aromatic carbocycles. The first-order valence-electron chi connectivity index (χ1n) is 5.88. The lowest BCUT2D eigenvalue weighted by Crippen LogP contribution is -2.45. The zero-order valence-corrected chi connectivity index (χ0v) is 9.69. The van der Waals surface area contributed by atoms with Crippen LogP contribution in [0, 0.1) is 17.2 Å². The van der Waals surface area contributed by atoms with Gasteiger partial charge in [0.15, 0.2) is 0 Å². The molecule has 1 aromatic rings. The fourth-order valence-corrected chi connectivity index (χ4v) is 2.72. The maximum absolute atomic E-state index is 9.31. The van der Waals surface area contributed by atoms with E-state index >= 15 is 0 Å². The van der Waals surface area contributed by atoms with E-state index in [1.807, 2.05) is 24.0 Å². The Morgan fingerprint density at radius 1 is 1.69 bits per heavy atom. The van der Waals surface area contributed by atoms with Crippen LogP contribution in [-0.4, -0.2) is 22.4 Å². The topological polar surface area (TPSA) is 53.6 Å². The number of nitriles is 1. The fraction of sp³-hybridized carbons (Fsp3) is 0.667. The lowest BCUT2D eigenvalue weighted by molar-refractivity contribution is 0.303. The molecule has 86 valence electrons. The van der Waals surface area contributed by atoms with E-state index in [-0.39, 0.29) is 5.54 Å². The Bertz CT molecular complexity index is 365. The molecule has 0 radical (unpaired) electrons. The molecule has 1 N–H and O–H groups in total. The van der Waals surface area contributed by atoms with E-state index in [0.29, 0.717) is 5.92 Å². The Morgan fingerprint density at radius 2 is 2.56 bits per heavy atom. The van der Waals surface area contributed by atoms with Crippen molar-refractivity contribution >= 4 is 0 Å². The minimum Gasteiger partial charge on any atom is -0.302 e. The van der Waals surface area contributed by atoms with E-state index < -0.39 is 0 Å². The second-order valence-corrected chi connectivity index (χ2v) is 4.48. The van der Waals surface area contributed by atoms with Crippen molar-refractivity contribution in [3.05, 3.63) is 18.5 Å². The van der Waals surface area contributed by atoms with Crippen LogP contribution in [0.1, 0.15) is 25.7 Å². The van der Waals surface area contributed by atoms with Gasteiger partial charge in [-0.05, 0) is 38.3 Å². The summed E-state index contributed by atoms with van der Waals surface area (Å²) < 4.78 is 1.94. The van der Waals surface area contributed by atoms with Crippen LogP contribution < -0.4 is 5.32 Å². The summed E-state index contributed by atoms with van der Waals surface area (Å²) in [6.45, 7) is 0.906. The van der Waals surface area contributed by atoms with Crippen molar-refractivity contribution in [3.63, 3.8) is 0 Å². The van der Waals surface area contributed by atoms with Crippen molar-refractivity contribution < 1.29 is 0 Å². The van der Waals surface area contributed by atoms with E-state index in [2.05, 4.69) is 16.5 Å². The molecule has 0 spiro atoms. The molecule has 1 aliphatic rings. The van der Waals surface area contributed by atoms with Gasteiger partial charge in [-0.3, -0.25) is 4.68 Å². The molecule has 2 atom stereocenters. The minimum absolute atomic E-state index is 0.298. The quantitative estimate of drug-likeness (QED) is 0.834. The molecule has 2 rings (SSSR count). The van der Waals surface area contributed by atoms with E-state index in [1.165, 1.54) is 0 Å². The van der Waals surface area contributed by atoms with Crippen molar-refractivity contribution in [1.82, 2.24) is 15.1 Å². The zero-order valence-electron chi connectivity index (χ0n) is 9.69. The van der Waals surface area contributed by atoms with Crippen LogP contribution >= 0.6 is 0 Å². The molecule has 1 saturated carbocycles. The SMILES string of the molecule is CNC1(C#N)CCCC1CCn1cccn1. The monoisotopic (exact) mass is 218 g/mol. The van der Waals surface area contributed by atoms with Gasteiger partial charge >= 0.3 is 0 Å². The highest BCUT2D eigenvalue weighted by Crippen LogP contribution is 2.37. The van der Waals surface area contributed by atoms with Gasteiger partial charge in [0, 0.05) is 18.9 Å². The highest BCUT2D eigenvalue weighted by atomic mass is 15.3. The zero-order chi connectivity index (χ0) is 11.4. The van der Waals surface area contributed by atoms with Gasteiger partial charge in [-0.25, -0.2) is 0 Å². The summed E-state index contributed by atoms with van der Waals surface area (Å²) in [6.07, 6.45) is 8.07. The van der Waals surface area contributed by atoms with E-state index in [4.69, 9.17) is 0 Å². The van der Waals surface area contributed by atoms with Crippen molar-refractivity contribution in [2.75, 3.05) is 7.05 Å². The maximum Gasteiger partial charge on any atom is 0.109 e. The number of nitrogens with one attached hydrogen (secondary N) is 1. The summed E-state index contributed by atoms with van der Waals surface area (Å²) in [5.41, 5.74) is -0.298. The number of aromatic nitrogens is 2. The molecule has 1 heterocycles. The lowest BCUT2D eigenvalue weighted by Gasteiger charge is -2.28. The molecule has 16 heavy (non-hydrogen) atoms. The molecule has 1 fully saturated rings. The maximum atomic E-state index is 9.31. The van der Waals surface area contributed by atoms with Gasteiger partial charge in [-0.1, -0.05) is 6.42 Å².